The molecule has 90 valence electrons. The Hall–Kier alpha value is -2.02. The van der Waals surface area contributed by atoms with Gasteiger partial charge in [0.05, 0.1) is 18.5 Å². The third-order valence-corrected chi connectivity index (χ3v) is 2.42. The number of nitrogens with one attached hydrogen (secondary N) is 1. The molecule has 3 amide bonds. The summed E-state index contributed by atoms with van der Waals surface area (Å²) in [5.74, 6) is -1.04. The van der Waals surface area contributed by atoms with Gasteiger partial charge in [-0.25, -0.2) is 9.18 Å². The summed E-state index contributed by atoms with van der Waals surface area (Å²) < 4.78 is 13.4. The molecular formula is C10H10FN3O3. The summed E-state index contributed by atoms with van der Waals surface area (Å²) in [4.78, 5) is 27.3. The number of urea groups is 1. The standard InChI is InChI=1S/C10H10FN3O3/c11-7-3-6(4-12-8(7)5-15)14-2-1-9(16)13-10(14)17/h3-4,15H,1-2,5H2,(H,13,16,17). The van der Waals surface area contributed by atoms with Crippen LogP contribution in [0.4, 0.5) is 14.9 Å². The Morgan fingerprint density at radius 2 is 2.29 bits per heavy atom. The summed E-state index contributed by atoms with van der Waals surface area (Å²) >= 11 is 0. The Bertz CT molecular complexity index is 478. The van der Waals surface area contributed by atoms with Gasteiger partial charge in [-0.05, 0) is 0 Å². The van der Waals surface area contributed by atoms with E-state index < -0.39 is 18.5 Å². The first-order valence-electron chi connectivity index (χ1n) is 4.98. The second kappa shape index (κ2) is 4.46. The van der Waals surface area contributed by atoms with Crippen LogP contribution in [0.25, 0.3) is 0 Å². The molecule has 7 heteroatoms. The number of halogens is 1. The molecule has 2 heterocycles. The van der Waals surface area contributed by atoms with E-state index in [2.05, 4.69) is 10.3 Å². The minimum Gasteiger partial charge on any atom is -0.390 e. The number of carbonyl (C=O) groups is 2. The van der Waals surface area contributed by atoms with Crippen molar-refractivity contribution in [2.24, 2.45) is 0 Å². The predicted octanol–water partition coefficient (Wildman–Crippen LogP) is 0.159. The van der Waals surface area contributed by atoms with E-state index in [0.29, 0.717) is 0 Å². The molecule has 0 bridgehead atoms. The summed E-state index contributed by atoms with van der Waals surface area (Å²) in [6.45, 7) is -0.318. The van der Waals surface area contributed by atoms with Crippen molar-refractivity contribution in [3.63, 3.8) is 0 Å². The molecule has 0 unspecified atom stereocenters. The predicted molar refractivity (Wildman–Crippen MR) is 55.6 cm³/mol. The van der Waals surface area contributed by atoms with E-state index >= 15 is 0 Å². The topological polar surface area (TPSA) is 82.5 Å². The lowest BCUT2D eigenvalue weighted by atomic mass is 10.2. The van der Waals surface area contributed by atoms with Crippen molar-refractivity contribution in [1.82, 2.24) is 10.3 Å². The highest BCUT2D eigenvalue weighted by Crippen LogP contribution is 2.18. The van der Waals surface area contributed by atoms with Crippen molar-refractivity contribution in [2.75, 3.05) is 11.4 Å². The smallest absolute Gasteiger partial charge is 0.328 e. The molecule has 0 atom stereocenters. The number of hydrogen-bond donors (Lipinski definition) is 2. The minimum absolute atomic E-state index is 0.0813. The first-order chi connectivity index (χ1) is 8.11. The largest absolute Gasteiger partial charge is 0.390 e. The number of anilines is 1. The lowest BCUT2D eigenvalue weighted by Gasteiger charge is -2.26. The zero-order chi connectivity index (χ0) is 12.4. The van der Waals surface area contributed by atoms with Gasteiger partial charge < -0.3 is 5.11 Å². The van der Waals surface area contributed by atoms with Gasteiger partial charge in [0.1, 0.15) is 11.5 Å². The number of carbonyl (C=O) groups excluding carboxylic acids is 2. The monoisotopic (exact) mass is 239 g/mol. The fraction of sp³-hybridized carbons (Fsp3) is 0.300. The van der Waals surface area contributed by atoms with Gasteiger partial charge in [-0.15, -0.1) is 0 Å². The van der Waals surface area contributed by atoms with Gasteiger partial charge in [-0.3, -0.25) is 20.0 Å². The van der Waals surface area contributed by atoms with E-state index in [0.717, 1.165) is 6.07 Å². The highest BCUT2D eigenvalue weighted by Gasteiger charge is 2.24. The molecule has 1 aliphatic rings. The Morgan fingerprint density at radius 3 is 2.88 bits per heavy atom. The molecular weight excluding hydrogens is 229 g/mol. The quantitative estimate of drug-likeness (QED) is 0.770. The first-order valence-corrected chi connectivity index (χ1v) is 4.98. The van der Waals surface area contributed by atoms with E-state index in [-0.39, 0.29) is 30.3 Å². The highest BCUT2D eigenvalue weighted by molar-refractivity contribution is 6.05. The zero-order valence-electron chi connectivity index (χ0n) is 8.81. The van der Waals surface area contributed by atoms with Gasteiger partial charge in [-0.2, -0.15) is 0 Å². The molecule has 1 aromatic rings. The Labute approximate surface area is 96.1 Å². The van der Waals surface area contributed by atoms with Crippen LogP contribution in [0.15, 0.2) is 12.3 Å². The number of hydrogen-bond acceptors (Lipinski definition) is 4. The highest BCUT2D eigenvalue weighted by atomic mass is 19.1. The van der Waals surface area contributed by atoms with Gasteiger partial charge in [-0.1, -0.05) is 0 Å². The van der Waals surface area contributed by atoms with E-state index in [1.807, 2.05) is 0 Å². The van der Waals surface area contributed by atoms with Crippen molar-refractivity contribution in [3.05, 3.63) is 23.8 Å². The molecule has 1 saturated heterocycles. The zero-order valence-corrected chi connectivity index (χ0v) is 8.81. The molecule has 0 saturated carbocycles. The van der Waals surface area contributed by atoms with Gasteiger partial charge in [0.15, 0.2) is 0 Å². The molecule has 0 spiro atoms. The summed E-state index contributed by atoms with van der Waals surface area (Å²) in [5, 5.41) is 10.9. The minimum atomic E-state index is -0.685. The van der Waals surface area contributed by atoms with Crippen molar-refractivity contribution in [1.29, 1.82) is 0 Å². The van der Waals surface area contributed by atoms with Crippen LogP contribution in [0, 0.1) is 5.82 Å². The lowest BCUT2D eigenvalue weighted by molar-refractivity contribution is -0.120. The molecule has 1 aliphatic heterocycles. The maximum Gasteiger partial charge on any atom is 0.328 e. The summed E-state index contributed by atoms with van der Waals surface area (Å²) in [7, 11) is 0. The average Bonchev–Trinajstić information content (AvgIpc) is 2.29. The van der Waals surface area contributed by atoms with Crippen molar-refractivity contribution >= 4 is 17.6 Å². The Morgan fingerprint density at radius 1 is 1.53 bits per heavy atom. The van der Waals surface area contributed by atoms with Crippen LogP contribution in [0.2, 0.25) is 0 Å². The summed E-state index contributed by atoms with van der Waals surface area (Å²) in [5.41, 5.74) is 0.173. The number of amides is 3. The van der Waals surface area contributed by atoms with Crippen molar-refractivity contribution in [2.45, 2.75) is 13.0 Å². The summed E-state index contributed by atoms with van der Waals surface area (Å²) in [6, 6.07) is 0.507. The average molecular weight is 239 g/mol. The van der Waals surface area contributed by atoms with E-state index in [9.17, 15) is 14.0 Å². The molecule has 2 rings (SSSR count). The van der Waals surface area contributed by atoms with Crippen LogP contribution in [0.3, 0.4) is 0 Å². The fourth-order valence-electron chi connectivity index (χ4n) is 1.53. The molecule has 0 radical (unpaired) electrons. The van der Waals surface area contributed by atoms with Gasteiger partial charge in [0.25, 0.3) is 0 Å². The number of rotatable bonds is 2. The first kappa shape index (κ1) is 11.5. The summed E-state index contributed by atoms with van der Waals surface area (Å²) in [6.07, 6.45) is 1.44. The second-order valence-electron chi connectivity index (χ2n) is 3.54. The van der Waals surface area contributed by atoms with Gasteiger partial charge in [0.2, 0.25) is 5.91 Å². The number of nitrogens with zero attached hydrogens (tertiary/aromatic N) is 2. The third-order valence-electron chi connectivity index (χ3n) is 2.42. The maximum atomic E-state index is 13.4. The van der Waals surface area contributed by atoms with Gasteiger partial charge in [0, 0.05) is 19.0 Å². The fourth-order valence-corrected chi connectivity index (χ4v) is 1.53. The number of aliphatic hydroxyl groups is 1. The SMILES string of the molecule is O=C1CCN(c2cnc(CO)c(F)c2)C(=O)N1. The third kappa shape index (κ3) is 2.23. The van der Waals surface area contributed by atoms with Crippen molar-refractivity contribution < 1.29 is 19.1 Å². The molecule has 2 N–H and O–H groups in total. The molecule has 0 aliphatic carbocycles. The number of pyridine rings is 1. The van der Waals surface area contributed by atoms with Crippen LogP contribution < -0.4 is 10.2 Å². The number of aliphatic hydroxyl groups excluding tert-OH is 1. The Kier molecular flexibility index (Phi) is 3.01. The van der Waals surface area contributed by atoms with E-state index in [1.54, 1.807) is 0 Å². The van der Waals surface area contributed by atoms with Crippen LogP contribution in [0.5, 0.6) is 0 Å². The van der Waals surface area contributed by atoms with Crippen molar-refractivity contribution in [3.8, 4) is 0 Å². The van der Waals surface area contributed by atoms with Crippen LogP contribution in [0.1, 0.15) is 12.1 Å². The van der Waals surface area contributed by atoms with Crippen LogP contribution in [-0.4, -0.2) is 28.6 Å². The maximum absolute atomic E-state index is 13.4. The van der Waals surface area contributed by atoms with E-state index in [4.69, 9.17) is 5.11 Å². The Balaban J connectivity index is 2.25. The molecule has 1 fully saturated rings. The van der Waals surface area contributed by atoms with Crippen LogP contribution in [-0.2, 0) is 11.4 Å². The second-order valence-corrected chi connectivity index (χ2v) is 3.54. The number of aromatic nitrogens is 1. The van der Waals surface area contributed by atoms with Crippen LogP contribution >= 0.6 is 0 Å². The molecule has 1 aromatic heterocycles. The normalized spacial score (nSPS) is 16.0. The lowest BCUT2D eigenvalue weighted by Crippen LogP contribution is -2.49. The van der Waals surface area contributed by atoms with Gasteiger partial charge >= 0.3 is 6.03 Å². The number of imide groups is 1. The molecule has 17 heavy (non-hydrogen) atoms. The molecule has 6 nitrogen and oxygen atoms in total. The van der Waals surface area contributed by atoms with E-state index in [1.165, 1.54) is 11.1 Å². The molecule has 0 aromatic carbocycles.